The van der Waals surface area contributed by atoms with Gasteiger partial charge in [0.25, 0.3) is 5.56 Å². The van der Waals surface area contributed by atoms with Crippen molar-refractivity contribution in [1.29, 1.82) is 0 Å². The van der Waals surface area contributed by atoms with Gasteiger partial charge in [-0.25, -0.2) is 9.97 Å². The van der Waals surface area contributed by atoms with Gasteiger partial charge in [-0.15, -0.1) is 0 Å². The van der Waals surface area contributed by atoms with Crippen molar-refractivity contribution < 1.29 is 4.79 Å². The van der Waals surface area contributed by atoms with E-state index in [0.29, 0.717) is 16.7 Å². The molecule has 0 fully saturated rings. The number of pyridine rings is 1. The van der Waals surface area contributed by atoms with Crippen LogP contribution in [-0.4, -0.2) is 20.4 Å². The van der Waals surface area contributed by atoms with E-state index in [-0.39, 0.29) is 18.0 Å². The SMILES string of the molecule is Cc1cccc(NC(=O)Cn2cnc3ccccc3c2=O)n1. The molecule has 0 atom stereocenters. The van der Waals surface area contributed by atoms with Crippen molar-refractivity contribution in [3.8, 4) is 0 Å². The summed E-state index contributed by atoms with van der Waals surface area (Å²) in [5, 5.41) is 3.16. The van der Waals surface area contributed by atoms with Gasteiger partial charge in [0.2, 0.25) is 5.91 Å². The maximum atomic E-state index is 12.3. The summed E-state index contributed by atoms with van der Waals surface area (Å²) in [6.07, 6.45) is 1.38. The minimum atomic E-state index is -0.322. The topological polar surface area (TPSA) is 76.9 Å². The summed E-state index contributed by atoms with van der Waals surface area (Å²) >= 11 is 0. The molecule has 1 aromatic carbocycles. The number of fused-ring (bicyclic) bond motifs is 1. The highest BCUT2D eigenvalue weighted by atomic mass is 16.2. The molecule has 3 aromatic rings. The van der Waals surface area contributed by atoms with E-state index in [1.165, 1.54) is 10.9 Å². The van der Waals surface area contributed by atoms with Crippen LogP contribution in [0.2, 0.25) is 0 Å². The van der Waals surface area contributed by atoms with Gasteiger partial charge >= 0.3 is 0 Å². The molecule has 0 aliphatic rings. The molecule has 6 heteroatoms. The van der Waals surface area contributed by atoms with E-state index in [4.69, 9.17) is 0 Å². The van der Waals surface area contributed by atoms with Gasteiger partial charge < -0.3 is 5.32 Å². The minimum absolute atomic E-state index is 0.105. The number of rotatable bonds is 3. The number of aryl methyl sites for hydroxylation is 1. The van der Waals surface area contributed by atoms with E-state index in [2.05, 4.69) is 15.3 Å². The molecule has 110 valence electrons. The maximum Gasteiger partial charge on any atom is 0.261 e. The van der Waals surface area contributed by atoms with Crippen LogP contribution < -0.4 is 10.9 Å². The lowest BCUT2D eigenvalue weighted by atomic mass is 10.2. The fraction of sp³-hybridized carbons (Fsp3) is 0.125. The Morgan fingerprint density at radius 1 is 1.18 bits per heavy atom. The third-order valence-electron chi connectivity index (χ3n) is 3.20. The Bertz CT molecular complexity index is 902. The zero-order valence-corrected chi connectivity index (χ0v) is 12.0. The van der Waals surface area contributed by atoms with Crippen LogP contribution in [0.15, 0.2) is 53.6 Å². The zero-order chi connectivity index (χ0) is 15.5. The van der Waals surface area contributed by atoms with Gasteiger partial charge in [0, 0.05) is 5.69 Å². The van der Waals surface area contributed by atoms with Gasteiger partial charge in [-0.1, -0.05) is 18.2 Å². The number of para-hydroxylation sites is 1. The fourth-order valence-electron chi connectivity index (χ4n) is 2.17. The molecular formula is C16H14N4O2. The Labute approximate surface area is 126 Å². The third-order valence-corrected chi connectivity index (χ3v) is 3.20. The first-order chi connectivity index (χ1) is 10.6. The number of nitrogens with zero attached hydrogens (tertiary/aromatic N) is 3. The van der Waals surface area contributed by atoms with Gasteiger partial charge in [-0.05, 0) is 31.2 Å². The van der Waals surface area contributed by atoms with Crippen molar-refractivity contribution in [3.05, 3.63) is 64.8 Å². The monoisotopic (exact) mass is 294 g/mol. The maximum absolute atomic E-state index is 12.3. The molecule has 0 bridgehead atoms. The molecule has 0 unspecified atom stereocenters. The van der Waals surface area contributed by atoms with E-state index < -0.39 is 0 Å². The Morgan fingerprint density at radius 2 is 2.00 bits per heavy atom. The lowest BCUT2D eigenvalue weighted by Gasteiger charge is -2.07. The van der Waals surface area contributed by atoms with Crippen molar-refractivity contribution >= 4 is 22.6 Å². The average molecular weight is 294 g/mol. The second kappa shape index (κ2) is 5.77. The Hall–Kier alpha value is -3.02. The fourth-order valence-corrected chi connectivity index (χ4v) is 2.17. The number of hydrogen-bond donors (Lipinski definition) is 1. The van der Waals surface area contributed by atoms with E-state index >= 15 is 0 Å². The molecule has 2 aromatic heterocycles. The summed E-state index contributed by atoms with van der Waals surface area (Å²) < 4.78 is 1.29. The highest BCUT2D eigenvalue weighted by molar-refractivity contribution is 5.89. The largest absolute Gasteiger partial charge is 0.309 e. The van der Waals surface area contributed by atoms with Crippen LogP contribution in [-0.2, 0) is 11.3 Å². The van der Waals surface area contributed by atoms with Crippen LogP contribution in [0.3, 0.4) is 0 Å². The number of hydrogen-bond acceptors (Lipinski definition) is 4. The van der Waals surface area contributed by atoms with E-state index in [1.54, 1.807) is 24.3 Å². The summed E-state index contributed by atoms with van der Waals surface area (Å²) in [6.45, 7) is 1.74. The minimum Gasteiger partial charge on any atom is -0.309 e. The Kier molecular flexibility index (Phi) is 3.65. The average Bonchev–Trinajstić information content (AvgIpc) is 2.50. The van der Waals surface area contributed by atoms with Crippen LogP contribution in [0.1, 0.15) is 5.69 Å². The first-order valence-electron chi connectivity index (χ1n) is 6.81. The number of carbonyl (C=O) groups is 1. The van der Waals surface area contributed by atoms with Crippen LogP contribution >= 0.6 is 0 Å². The molecule has 0 aliphatic heterocycles. The molecule has 0 saturated carbocycles. The molecule has 3 rings (SSSR count). The van der Waals surface area contributed by atoms with Crippen LogP contribution in [0.25, 0.3) is 10.9 Å². The van der Waals surface area contributed by atoms with Crippen LogP contribution in [0.4, 0.5) is 5.82 Å². The highest BCUT2D eigenvalue weighted by Gasteiger charge is 2.08. The van der Waals surface area contributed by atoms with Crippen molar-refractivity contribution in [2.75, 3.05) is 5.32 Å². The van der Waals surface area contributed by atoms with Crippen molar-refractivity contribution in [2.24, 2.45) is 0 Å². The van der Waals surface area contributed by atoms with Crippen molar-refractivity contribution in [1.82, 2.24) is 14.5 Å². The third kappa shape index (κ3) is 2.85. The molecular weight excluding hydrogens is 280 g/mol. The number of anilines is 1. The molecule has 0 saturated heterocycles. The molecule has 0 aliphatic carbocycles. The normalized spacial score (nSPS) is 10.6. The lowest BCUT2D eigenvalue weighted by Crippen LogP contribution is -2.28. The standard InChI is InChI=1S/C16H14N4O2/c1-11-5-4-8-14(18-11)19-15(21)9-20-10-17-13-7-3-2-6-12(13)16(20)22/h2-8,10H,9H2,1H3,(H,18,19,21). The summed E-state index contributed by atoms with van der Waals surface area (Å²) in [5.41, 5.74) is 1.18. The molecule has 22 heavy (non-hydrogen) atoms. The predicted octanol–water partition coefficient (Wildman–Crippen LogP) is 1.74. The summed E-state index contributed by atoms with van der Waals surface area (Å²) in [7, 11) is 0. The van der Waals surface area contributed by atoms with E-state index in [0.717, 1.165) is 5.69 Å². The van der Waals surface area contributed by atoms with Crippen LogP contribution in [0.5, 0.6) is 0 Å². The molecule has 1 N–H and O–H groups in total. The van der Waals surface area contributed by atoms with Gasteiger partial charge in [0.1, 0.15) is 12.4 Å². The first-order valence-corrected chi connectivity index (χ1v) is 6.81. The molecule has 0 radical (unpaired) electrons. The molecule has 2 heterocycles. The smallest absolute Gasteiger partial charge is 0.261 e. The Morgan fingerprint density at radius 3 is 2.82 bits per heavy atom. The van der Waals surface area contributed by atoms with Crippen LogP contribution in [0, 0.1) is 6.92 Å². The predicted molar refractivity (Wildman–Crippen MR) is 83.6 cm³/mol. The summed E-state index contributed by atoms with van der Waals surface area (Å²) in [4.78, 5) is 32.7. The Balaban J connectivity index is 1.82. The molecule has 1 amide bonds. The number of amides is 1. The van der Waals surface area contributed by atoms with Gasteiger partial charge in [-0.2, -0.15) is 0 Å². The van der Waals surface area contributed by atoms with Crippen molar-refractivity contribution in [3.63, 3.8) is 0 Å². The quantitative estimate of drug-likeness (QED) is 0.798. The number of nitrogens with one attached hydrogen (secondary N) is 1. The molecule has 0 spiro atoms. The zero-order valence-electron chi connectivity index (χ0n) is 12.0. The first kappa shape index (κ1) is 13.9. The van der Waals surface area contributed by atoms with E-state index in [9.17, 15) is 9.59 Å². The number of carbonyl (C=O) groups excluding carboxylic acids is 1. The second-order valence-corrected chi connectivity index (χ2v) is 4.91. The van der Waals surface area contributed by atoms with Gasteiger partial charge in [0.05, 0.1) is 17.2 Å². The van der Waals surface area contributed by atoms with E-state index in [1.807, 2.05) is 25.1 Å². The molecule has 6 nitrogen and oxygen atoms in total. The van der Waals surface area contributed by atoms with Crippen molar-refractivity contribution in [2.45, 2.75) is 13.5 Å². The number of aromatic nitrogens is 3. The van der Waals surface area contributed by atoms with Gasteiger partial charge in [-0.3, -0.25) is 14.2 Å². The summed E-state index contributed by atoms with van der Waals surface area (Å²) in [5.74, 6) is 0.143. The lowest BCUT2D eigenvalue weighted by molar-refractivity contribution is -0.116. The number of benzene rings is 1. The second-order valence-electron chi connectivity index (χ2n) is 4.91. The summed E-state index contributed by atoms with van der Waals surface area (Å²) in [6, 6.07) is 12.4. The highest BCUT2D eigenvalue weighted by Crippen LogP contribution is 2.06. The van der Waals surface area contributed by atoms with Gasteiger partial charge in [0.15, 0.2) is 0 Å².